The number of methoxy groups -OCH3 is 1. The van der Waals surface area contributed by atoms with Crippen molar-refractivity contribution in [2.45, 2.75) is 39.7 Å². The number of nitrogens with zero attached hydrogens (tertiary/aromatic N) is 1. The molecule has 0 aliphatic heterocycles. The molecule has 19 heavy (non-hydrogen) atoms. The number of carboxylic acid groups (broad SMARTS) is 1. The smallest absolute Gasteiger partial charge is 0.317 e. The summed E-state index contributed by atoms with van der Waals surface area (Å²) in [6, 6.07) is -0.637. The van der Waals surface area contributed by atoms with Crippen LogP contribution in [0, 0.1) is 5.41 Å². The van der Waals surface area contributed by atoms with Crippen molar-refractivity contribution in [3.05, 3.63) is 0 Å². The zero-order chi connectivity index (χ0) is 15.1. The highest BCUT2D eigenvalue weighted by Crippen LogP contribution is 2.22. The Labute approximate surface area is 115 Å². The zero-order valence-corrected chi connectivity index (χ0v) is 12.5. The minimum atomic E-state index is -0.908. The monoisotopic (exact) mass is 274 g/mol. The van der Waals surface area contributed by atoms with Crippen LogP contribution >= 0.6 is 0 Å². The van der Waals surface area contributed by atoms with Crippen LogP contribution in [-0.4, -0.2) is 55.4 Å². The lowest BCUT2D eigenvalue weighted by atomic mass is 9.87. The third kappa shape index (κ3) is 9.30. The van der Waals surface area contributed by atoms with Crippen molar-refractivity contribution in [1.29, 1.82) is 0 Å². The second-order valence-corrected chi connectivity index (χ2v) is 5.92. The van der Waals surface area contributed by atoms with Crippen LogP contribution in [0.3, 0.4) is 0 Å². The summed E-state index contributed by atoms with van der Waals surface area (Å²) in [6.07, 6.45) is 0.546. The van der Waals surface area contributed by atoms with Gasteiger partial charge in [0.15, 0.2) is 0 Å². The number of urea groups is 1. The predicted octanol–water partition coefficient (Wildman–Crippen LogP) is 1.55. The van der Waals surface area contributed by atoms with E-state index >= 15 is 0 Å². The average molecular weight is 274 g/mol. The van der Waals surface area contributed by atoms with Gasteiger partial charge in [0.05, 0.1) is 13.0 Å². The Bertz CT molecular complexity index is 300. The number of carbonyl (C=O) groups excluding carboxylic acids is 1. The molecule has 0 aliphatic carbocycles. The Hall–Kier alpha value is -1.30. The molecule has 6 nitrogen and oxygen atoms in total. The minimum absolute atomic E-state index is 0.0432. The third-order valence-corrected chi connectivity index (χ3v) is 2.58. The van der Waals surface area contributed by atoms with E-state index in [-0.39, 0.29) is 23.9 Å². The minimum Gasteiger partial charge on any atom is -0.481 e. The van der Waals surface area contributed by atoms with Crippen LogP contribution in [0.2, 0.25) is 0 Å². The molecule has 0 aromatic heterocycles. The SMILES string of the molecule is COCCN(C)C(=O)NC(CC(=O)O)CC(C)(C)C. The second kappa shape index (κ2) is 7.99. The molecule has 2 amide bonds. The first-order valence-electron chi connectivity index (χ1n) is 6.38. The number of ether oxygens (including phenoxy) is 1. The molecule has 0 bridgehead atoms. The number of aliphatic carboxylic acids is 1. The Kier molecular flexibility index (Phi) is 7.44. The highest BCUT2D eigenvalue weighted by atomic mass is 16.5. The fraction of sp³-hybridized carbons (Fsp3) is 0.846. The van der Waals surface area contributed by atoms with Crippen molar-refractivity contribution in [3.8, 4) is 0 Å². The fourth-order valence-corrected chi connectivity index (χ4v) is 1.74. The lowest BCUT2D eigenvalue weighted by Gasteiger charge is -2.27. The summed E-state index contributed by atoms with van der Waals surface area (Å²) >= 11 is 0. The van der Waals surface area contributed by atoms with Crippen LogP contribution in [0.5, 0.6) is 0 Å². The van der Waals surface area contributed by atoms with Crippen molar-refractivity contribution < 1.29 is 19.4 Å². The van der Waals surface area contributed by atoms with E-state index in [4.69, 9.17) is 9.84 Å². The highest BCUT2D eigenvalue weighted by molar-refractivity contribution is 5.75. The third-order valence-electron chi connectivity index (χ3n) is 2.58. The van der Waals surface area contributed by atoms with E-state index in [0.29, 0.717) is 19.6 Å². The predicted molar refractivity (Wildman–Crippen MR) is 73.2 cm³/mol. The average Bonchev–Trinajstić information content (AvgIpc) is 2.22. The number of hydrogen-bond acceptors (Lipinski definition) is 3. The van der Waals surface area contributed by atoms with Crippen molar-refractivity contribution in [3.63, 3.8) is 0 Å². The van der Waals surface area contributed by atoms with Gasteiger partial charge in [0.1, 0.15) is 0 Å². The molecule has 0 radical (unpaired) electrons. The molecule has 1 atom stereocenters. The van der Waals surface area contributed by atoms with Gasteiger partial charge in [-0.15, -0.1) is 0 Å². The summed E-state index contributed by atoms with van der Waals surface area (Å²) in [7, 11) is 3.22. The number of nitrogens with one attached hydrogen (secondary N) is 1. The van der Waals surface area contributed by atoms with Crippen LogP contribution in [-0.2, 0) is 9.53 Å². The molecule has 0 heterocycles. The molecule has 112 valence electrons. The first-order chi connectivity index (χ1) is 8.65. The lowest BCUT2D eigenvalue weighted by Crippen LogP contribution is -2.46. The van der Waals surface area contributed by atoms with Gasteiger partial charge >= 0.3 is 12.0 Å². The highest BCUT2D eigenvalue weighted by Gasteiger charge is 2.23. The van der Waals surface area contributed by atoms with Gasteiger partial charge in [-0.1, -0.05) is 20.8 Å². The molecular formula is C13H26N2O4. The van der Waals surface area contributed by atoms with E-state index in [2.05, 4.69) is 5.32 Å². The fourth-order valence-electron chi connectivity index (χ4n) is 1.74. The summed E-state index contributed by atoms with van der Waals surface area (Å²) in [5.41, 5.74) is -0.0432. The van der Waals surface area contributed by atoms with Crippen LogP contribution < -0.4 is 5.32 Å². The van der Waals surface area contributed by atoms with Gasteiger partial charge in [-0.05, 0) is 11.8 Å². The molecule has 0 aromatic rings. The summed E-state index contributed by atoms with van der Waals surface area (Å²) < 4.78 is 4.90. The molecule has 1 unspecified atom stereocenters. The molecule has 0 saturated heterocycles. The van der Waals surface area contributed by atoms with Gasteiger partial charge in [0.2, 0.25) is 0 Å². The van der Waals surface area contributed by atoms with Crippen molar-refractivity contribution in [2.24, 2.45) is 5.41 Å². The Balaban J connectivity index is 4.45. The molecule has 2 N–H and O–H groups in total. The van der Waals surface area contributed by atoms with Crippen molar-refractivity contribution in [1.82, 2.24) is 10.2 Å². The number of hydrogen-bond donors (Lipinski definition) is 2. The molecule has 0 spiro atoms. The number of likely N-dealkylation sites (N-methyl/N-ethyl adjacent to an activating group) is 1. The maximum atomic E-state index is 11.9. The van der Waals surface area contributed by atoms with Crippen molar-refractivity contribution >= 4 is 12.0 Å². The summed E-state index contributed by atoms with van der Waals surface area (Å²) in [4.78, 5) is 24.2. The van der Waals surface area contributed by atoms with Crippen LogP contribution in [0.15, 0.2) is 0 Å². The molecule has 0 aromatic carbocycles. The van der Waals surface area contributed by atoms with E-state index in [9.17, 15) is 9.59 Å². The number of carboxylic acids is 1. The molecule has 0 rings (SSSR count). The Morgan fingerprint density at radius 1 is 1.37 bits per heavy atom. The maximum absolute atomic E-state index is 11.9. The van der Waals surface area contributed by atoms with Crippen LogP contribution in [0.25, 0.3) is 0 Å². The molecule has 0 fully saturated rings. The van der Waals surface area contributed by atoms with Gasteiger partial charge < -0.3 is 20.1 Å². The summed E-state index contributed by atoms with van der Waals surface area (Å²) in [5.74, 6) is -0.908. The van der Waals surface area contributed by atoms with E-state index in [1.165, 1.54) is 4.90 Å². The quantitative estimate of drug-likeness (QED) is 0.738. The molecule has 0 aliphatic rings. The number of carbonyl (C=O) groups is 2. The molecule has 6 heteroatoms. The number of amides is 2. The zero-order valence-electron chi connectivity index (χ0n) is 12.5. The second-order valence-electron chi connectivity index (χ2n) is 5.92. The normalized spacial score (nSPS) is 12.9. The van der Waals surface area contributed by atoms with E-state index < -0.39 is 5.97 Å². The number of rotatable bonds is 7. The van der Waals surface area contributed by atoms with E-state index in [1.54, 1.807) is 14.2 Å². The lowest BCUT2D eigenvalue weighted by molar-refractivity contribution is -0.137. The Morgan fingerprint density at radius 3 is 2.37 bits per heavy atom. The first-order valence-corrected chi connectivity index (χ1v) is 6.38. The van der Waals surface area contributed by atoms with Gasteiger partial charge in [-0.25, -0.2) is 4.79 Å². The summed E-state index contributed by atoms with van der Waals surface area (Å²) in [5, 5.41) is 11.7. The van der Waals surface area contributed by atoms with E-state index in [0.717, 1.165) is 0 Å². The molecular weight excluding hydrogens is 248 g/mol. The molecule has 0 saturated carbocycles. The van der Waals surface area contributed by atoms with Gasteiger partial charge in [0.25, 0.3) is 0 Å². The Morgan fingerprint density at radius 2 is 1.95 bits per heavy atom. The standard InChI is InChI=1S/C13H26N2O4/c1-13(2,3)9-10(8-11(16)17)14-12(18)15(4)6-7-19-5/h10H,6-9H2,1-5H3,(H,14,18)(H,16,17). The maximum Gasteiger partial charge on any atom is 0.317 e. The topological polar surface area (TPSA) is 78.9 Å². The summed E-state index contributed by atoms with van der Waals surface area (Å²) in [6.45, 7) is 6.97. The van der Waals surface area contributed by atoms with Crippen LogP contribution in [0.4, 0.5) is 4.79 Å². The van der Waals surface area contributed by atoms with Gasteiger partial charge in [-0.2, -0.15) is 0 Å². The van der Waals surface area contributed by atoms with Crippen molar-refractivity contribution in [2.75, 3.05) is 27.3 Å². The van der Waals surface area contributed by atoms with E-state index in [1.807, 2.05) is 20.8 Å². The van der Waals surface area contributed by atoms with Gasteiger partial charge in [-0.3, -0.25) is 4.79 Å². The first kappa shape index (κ1) is 17.7. The van der Waals surface area contributed by atoms with Gasteiger partial charge in [0, 0.05) is 26.7 Å². The largest absolute Gasteiger partial charge is 0.481 e. The van der Waals surface area contributed by atoms with Crippen LogP contribution in [0.1, 0.15) is 33.6 Å².